The molecule has 102 valence electrons. The number of hydrogen-bond donors (Lipinski definition) is 1. The fraction of sp³-hybridized carbons (Fsp3) is 1.00. The summed E-state index contributed by atoms with van der Waals surface area (Å²) in [5, 5.41) is 0. The summed E-state index contributed by atoms with van der Waals surface area (Å²) in [5.74, 6) is 0.489. The Kier molecular flexibility index (Phi) is 4.95. The van der Waals surface area contributed by atoms with E-state index < -0.39 is 9.84 Å². The molecule has 1 saturated heterocycles. The first-order valence-corrected chi connectivity index (χ1v) is 7.81. The first-order chi connectivity index (χ1) is 7.87. The van der Waals surface area contributed by atoms with Gasteiger partial charge in [0.15, 0.2) is 0 Å². The lowest BCUT2D eigenvalue weighted by Gasteiger charge is -2.46. The number of hydrogen-bond acceptors (Lipinski definition) is 5. The van der Waals surface area contributed by atoms with Gasteiger partial charge in [0, 0.05) is 25.2 Å². The average Bonchev–Trinajstić information content (AvgIpc) is 2.29. The predicted molar refractivity (Wildman–Crippen MR) is 68.8 cm³/mol. The van der Waals surface area contributed by atoms with Crippen molar-refractivity contribution in [3.05, 3.63) is 0 Å². The molecule has 1 fully saturated rings. The van der Waals surface area contributed by atoms with Gasteiger partial charge in [-0.15, -0.1) is 0 Å². The van der Waals surface area contributed by atoms with Gasteiger partial charge in [0.1, 0.15) is 9.84 Å². The summed E-state index contributed by atoms with van der Waals surface area (Å²) >= 11 is 0. The second-order valence-corrected chi connectivity index (χ2v) is 7.30. The Morgan fingerprint density at radius 3 is 2.35 bits per heavy atom. The fourth-order valence-electron chi connectivity index (χ4n) is 2.44. The molecule has 1 aliphatic heterocycles. The maximum Gasteiger partial charge on any atom is 0.150 e. The molecule has 2 N–H and O–H groups in total. The summed E-state index contributed by atoms with van der Waals surface area (Å²) in [6.45, 7) is 3.20. The lowest BCUT2D eigenvalue weighted by atomic mass is 9.89. The van der Waals surface area contributed by atoms with Gasteiger partial charge in [0.05, 0.1) is 18.1 Å². The largest absolute Gasteiger partial charge is 0.383 e. The first kappa shape index (κ1) is 14.9. The van der Waals surface area contributed by atoms with Gasteiger partial charge in [-0.05, 0) is 26.8 Å². The van der Waals surface area contributed by atoms with Crippen molar-refractivity contribution >= 4 is 9.84 Å². The summed E-state index contributed by atoms with van der Waals surface area (Å²) in [6, 6.07) is 0.240. The Bertz CT molecular complexity index is 329. The van der Waals surface area contributed by atoms with Crippen LogP contribution in [0.5, 0.6) is 0 Å². The number of rotatable bonds is 5. The van der Waals surface area contributed by atoms with Crippen LogP contribution in [0.2, 0.25) is 0 Å². The van der Waals surface area contributed by atoms with Gasteiger partial charge in [-0.1, -0.05) is 0 Å². The third kappa shape index (κ3) is 3.40. The van der Waals surface area contributed by atoms with Crippen molar-refractivity contribution in [1.82, 2.24) is 4.90 Å². The summed E-state index contributed by atoms with van der Waals surface area (Å²) in [6.07, 6.45) is 1.24. The fourth-order valence-corrected chi connectivity index (χ4v) is 4.03. The molecule has 0 aromatic carbocycles. The van der Waals surface area contributed by atoms with E-state index in [2.05, 4.69) is 11.8 Å². The van der Waals surface area contributed by atoms with E-state index >= 15 is 0 Å². The monoisotopic (exact) mass is 264 g/mol. The number of sulfone groups is 1. The number of ether oxygens (including phenoxy) is 1. The van der Waals surface area contributed by atoms with Gasteiger partial charge in [0.2, 0.25) is 0 Å². The van der Waals surface area contributed by atoms with Crippen molar-refractivity contribution in [3.63, 3.8) is 0 Å². The van der Waals surface area contributed by atoms with E-state index in [1.165, 1.54) is 0 Å². The summed E-state index contributed by atoms with van der Waals surface area (Å²) in [7, 11) is 0.831. The lowest BCUT2D eigenvalue weighted by Crippen LogP contribution is -2.59. The third-order valence-electron chi connectivity index (χ3n) is 3.95. The van der Waals surface area contributed by atoms with E-state index in [0.717, 1.165) is 0 Å². The molecular weight excluding hydrogens is 240 g/mol. The molecule has 0 aromatic heterocycles. The minimum absolute atomic E-state index is 0.191. The molecule has 1 atom stereocenters. The van der Waals surface area contributed by atoms with Crippen molar-refractivity contribution < 1.29 is 13.2 Å². The standard InChI is InChI=1S/C11H24N2O3S/c1-10(8-16-3)13(2)11(9-12)4-6-17(14,15)7-5-11/h10H,4-9,12H2,1-3H3. The van der Waals surface area contributed by atoms with Gasteiger partial charge >= 0.3 is 0 Å². The van der Waals surface area contributed by atoms with Gasteiger partial charge < -0.3 is 10.5 Å². The predicted octanol–water partition coefficient (Wildman–Crippen LogP) is -0.141. The molecule has 0 radical (unpaired) electrons. The maximum absolute atomic E-state index is 11.5. The highest BCUT2D eigenvalue weighted by Gasteiger charge is 2.40. The molecule has 1 heterocycles. The van der Waals surface area contributed by atoms with E-state index in [0.29, 0.717) is 26.0 Å². The zero-order chi connectivity index (χ0) is 13.1. The highest BCUT2D eigenvalue weighted by atomic mass is 32.2. The molecule has 0 amide bonds. The van der Waals surface area contributed by atoms with E-state index in [4.69, 9.17) is 10.5 Å². The van der Waals surface area contributed by atoms with E-state index in [1.54, 1.807) is 7.11 Å². The normalized spacial score (nSPS) is 24.8. The van der Waals surface area contributed by atoms with Crippen LogP contribution in [-0.4, -0.2) is 63.7 Å². The molecule has 0 aromatic rings. The Morgan fingerprint density at radius 1 is 1.41 bits per heavy atom. The smallest absolute Gasteiger partial charge is 0.150 e. The van der Waals surface area contributed by atoms with Crippen LogP contribution in [0.3, 0.4) is 0 Å². The zero-order valence-electron chi connectivity index (χ0n) is 11.0. The van der Waals surface area contributed by atoms with Crippen LogP contribution >= 0.6 is 0 Å². The Balaban J connectivity index is 2.76. The Morgan fingerprint density at radius 2 is 1.94 bits per heavy atom. The quantitative estimate of drug-likeness (QED) is 0.748. The molecule has 0 bridgehead atoms. The molecule has 5 nitrogen and oxygen atoms in total. The van der Waals surface area contributed by atoms with Crippen LogP contribution < -0.4 is 5.73 Å². The summed E-state index contributed by atoms with van der Waals surface area (Å²) in [4.78, 5) is 2.19. The van der Waals surface area contributed by atoms with Crippen LogP contribution in [0.25, 0.3) is 0 Å². The van der Waals surface area contributed by atoms with E-state index in [-0.39, 0.29) is 23.1 Å². The van der Waals surface area contributed by atoms with Crippen LogP contribution in [0, 0.1) is 0 Å². The minimum atomic E-state index is -2.85. The minimum Gasteiger partial charge on any atom is -0.383 e. The topological polar surface area (TPSA) is 72.6 Å². The molecule has 17 heavy (non-hydrogen) atoms. The molecule has 0 aliphatic carbocycles. The van der Waals surface area contributed by atoms with Gasteiger partial charge in [-0.2, -0.15) is 0 Å². The highest BCUT2D eigenvalue weighted by Crippen LogP contribution is 2.29. The van der Waals surface area contributed by atoms with E-state index in [9.17, 15) is 8.42 Å². The van der Waals surface area contributed by atoms with Crippen molar-refractivity contribution in [3.8, 4) is 0 Å². The van der Waals surface area contributed by atoms with E-state index in [1.807, 2.05) is 7.05 Å². The van der Waals surface area contributed by atoms with Crippen molar-refractivity contribution in [2.75, 3.05) is 38.8 Å². The molecule has 0 saturated carbocycles. The Hall–Kier alpha value is -0.170. The van der Waals surface area contributed by atoms with Crippen molar-refractivity contribution in [2.24, 2.45) is 5.73 Å². The molecule has 0 spiro atoms. The summed E-state index contributed by atoms with van der Waals surface area (Å²) < 4.78 is 28.1. The summed E-state index contributed by atoms with van der Waals surface area (Å²) in [5.41, 5.74) is 5.69. The molecule has 1 rings (SSSR count). The maximum atomic E-state index is 11.5. The first-order valence-electron chi connectivity index (χ1n) is 5.99. The number of nitrogens with zero attached hydrogens (tertiary/aromatic N) is 1. The zero-order valence-corrected chi connectivity index (χ0v) is 11.8. The van der Waals surface area contributed by atoms with Crippen LogP contribution in [-0.2, 0) is 14.6 Å². The Labute approximate surface area is 104 Å². The molecule has 6 heteroatoms. The number of likely N-dealkylation sites (N-methyl/N-ethyl adjacent to an activating group) is 1. The van der Waals surface area contributed by atoms with Crippen LogP contribution in [0.15, 0.2) is 0 Å². The average molecular weight is 264 g/mol. The number of nitrogens with two attached hydrogens (primary N) is 1. The SMILES string of the molecule is COCC(C)N(C)C1(CN)CCS(=O)(=O)CC1. The van der Waals surface area contributed by atoms with Crippen LogP contribution in [0.1, 0.15) is 19.8 Å². The third-order valence-corrected chi connectivity index (χ3v) is 5.61. The van der Waals surface area contributed by atoms with Crippen molar-refractivity contribution in [2.45, 2.75) is 31.3 Å². The second kappa shape index (κ2) is 5.65. The van der Waals surface area contributed by atoms with Crippen molar-refractivity contribution in [1.29, 1.82) is 0 Å². The van der Waals surface area contributed by atoms with Gasteiger partial charge in [0.25, 0.3) is 0 Å². The van der Waals surface area contributed by atoms with Gasteiger partial charge in [-0.25, -0.2) is 8.42 Å². The highest BCUT2D eigenvalue weighted by molar-refractivity contribution is 7.91. The molecule has 1 unspecified atom stereocenters. The second-order valence-electron chi connectivity index (χ2n) is 5.00. The lowest BCUT2D eigenvalue weighted by molar-refractivity contribution is 0.0319. The molecule has 1 aliphatic rings. The van der Waals surface area contributed by atoms with Gasteiger partial charge in [-0.3, -0.25) is 4.90 Å². The molecular formula is C11H24N2O3S. The number of methoxy groups -OCH3 is 1. The van der Waals surface area contributed by atoms with Crippen LogP contribution in [0.4, 0.5) is 0 Å².